The molecule has 2 aromatic heterocycles. The predicted molar refractivity (Wildman–Crippen MR) is 46.2 cm³/mol. The Hall–Kier alpha value is -1.62. The van der Waals surface area contributed by atoms with Crippen LogP contribution in [0.15, 0.2) is 16.7 Å². The second-order valence-corrected chi connectivity index (χ2v) is 2.48. The molecule has 68 valence electrons. The lowest BCUT2D eigenvalue weighted by atomic mass is 10.4. The Bertz CT molecular complexity index is 424. The van der Waals surface area contributed by atoms with Crippen LogP contribution in [-0.4, -0.2) is 17.1 Å². The van der Waals surface area contributed by atoms with Crippen LogP contribution in [0, 0.1) is 0 Å². The summed E-state index contributed by atoms with van der Waals surface area (Å²) in [7, 11) is 1.57. The number of pyridine rings is 1. The Balaban J connectivity index is 2.67. The molecule has 0 aliphatic rings. The van der Waals surface area contributed by atoms with E-state index in [4.69, 9.17) is 14.9 Å². The van der Waals surface area contributed by atoms with Crippen molar-refractivity contribution in [2.75, 3.05) is 7.11 Å². The van der Waals surface area contributed by atoms with Crippen molar-refractivity contribution in [1.82, 2.24) is 9.97 Å². The highest BCUT2D eigenvalue weighted by Gasteiger charge is 2.09. The van der Waals surface area contributed by atoms with Crippen molar-refractivity contribution in [1.29, 1.82) is 0 Å². The first-order valence-electron chi connectivity index (χ1n) is 3.83. The van der Waals surface area contributed by atoms with E-state index in [2.05, 4.69) is 9.97 Å². The van der Waals surface area contributed by atoms with Gasteiger partial charge in [-0.05, 0) is 0 Å². The van der Waals surface area contributed by atoms with Crippen LogP contribution in [0.25, 0.3) is 11.2 Å². The van der Waals surface area contributed by atoms with Crippen LogP contribution < -0.4 is 10.5 Å². The molecule has 0 saturated heterocycles. The van der Waals surface area contributed by atoms with Crippen LogP contribution in [0.3, 0.4) is 0 Å². The molecule has 0 aromatic carbocycles. The Morgan fingerprint density at radius 3 is 3.15 bits per heavy atom. The van der Waals surface area contributed by atoms with Gasteiger partial charge in [0.1, 0.15) is 0 Å². The first-order chi connectivity index (χ1) is 6.35. The van der Waals surface area contributed by atoms with Gasteiger partial charge in [-0.3, -0.25) is 0 Å². The number of hydrogen-bond acceptors (Lipinski definition) is 5. The lowest BCUT2D eigenvalue weighted by Gasteiger charge is -1.96. The number of methoxy groups -OCH3 is 1. The molecule has 0 aliphatic carbocycles. The first-order valence-corrected chi connectivity index (χ1v) is 3.83. The van der Waals surface area contributed by atoms with E-state index in [-0.39, 0.29) is 6.54 Å². The molecule has 5 heteroatoms. The summed E-state index contributed by atoms with van der Waals surface area (Å²) in [4.78, 5) is 8.08. The van der Waals surface area contributed by atoms with E-state index < -0.39 is 0 Å². The van der Waals surface area contributed by atoms with Gasteiger partial charge in [0.15, 0.2) is 5.75 Å². The number of aromatic nitrogens is 2. The fourth-order valence-electron chi connectivity index (χ4n) is 1.10. The van der Waals surface area contributed by atoms with Gasteiger partial charge in [-0.25, -0.2) is 4.98 Å². The van der Waals surface area contributed by atoms with Crippen molar-refractivity contribution < 1.29 is 9.15 Å². The third kappa shape index (κ3) is 1.23. The molecule has 0 spiro atoms. The van der Waals surface area contributed by atoms with E-state index >= 15 is 0 Å². The van der Waals surface area contributed by atoms with Gasteiger partial charge in [-0.15, -0.1) is 0 Å². The van der Waals surface area contributed by atoms with Gasteiger partial charge in [0.05, 0.1) is 13.7 Å². The summed E-state index contributed by atoms with van der Waals surface area (Å²) in [6, 6.07) is 1.72. The van der Waals surface area contributed by atoms with Crippen molar-refractivity contribution in [3.8, 4) is 5.75 Å². The average Bonchev–Trinajstić information content (AvgIpc) is 2.59. The first kappa shape index (κ1) is 8.00. The van der Waals surface area contributed by atoms with Gasteiger partial charge < -0.3 is 14.9 Å². The number of ether oxygens (including phenoxy) is 1. The minimum absolute atomic E-state index is 0.263. The Labute approximate surface area is 74.5 Å². The Morgan fingerprint density at radius 1 is 1.62 bits per heavy atom. The highest BCUT2D eigenvalue weighted by atomic mass is 16.5. The fraction of sp³-hybridized carbons (Fsp3) is 0.250. The van der Waals surface area contributed by atoms with Crippen molar-refractivity contribution in [2.24, 2.45) is 5.73 Å². The summed E-state index contributed by atoms with van der Waals surface area (Å²) in [6.45, 7) is 0.263. The molecule has 5 nitrogen and oxygen atoms in total. The molecule has 0 amide bonds. The molecular formula is C8H9N3O2. The number of nitrogens with two attached hydrogens (primary N) is 1. The maximum Gasteiger partial charge on any atom is 0.215 e. The minimum Gasteiger partial charge on any atom is -0.493 e. The van der Waals surface area contributed by atoms with E-state index in [1.54, 1.807) is 19.4 Å². The van der Waals surface area contributed by atoms with Crippen molar-refractivity contribution in [3.05, 3.63) is 18.2 Å². The molecule has 0 aliphatic heterocycles. The van der Waals surface area contributed by atoms with Crippen LogP contribution in [-0.2, 0) is 6.54 Å². The lowest BCUT2D eigenvalue weighted by Crippen LogP contribution is -1.95. The zero-order valence-corrected chi connectivity index (χ0v) is 7.15. The summed E-state index contributed by atoms with van der Waals surface area (Å²) in [6.07, 6.45) is 1.62. The zero-order chi connectivity index (χ0) is 9.26. The Kier molecular flexibility index (Phi) is 1.86. The second kappa shape index (κ2) is 3.02. The summed E-state index contributed by atoms with van der Waals surface area (Å²) < 4.78 is 10.4. The molecule has 0 unspecified atom stereocenters. The SMILES string of the molecule is COc1ccnc2nc(CN)oc12. The van der Waals surface area contributed by atoms with Crippen molar-refractivity contribution >= 4 is 11.2 Å². The molecule has 0 radical (unpaired) electrons. The van der Waals surface area contributed by atoms with Gasteiger partial charge in [-0.2, -0.15) is 4.98 Å². The summed E-state index contributed by atoms with van der Waals surface area (Å²) in [5, 5.41) is 0. The quantitative estimate of drug-likeness (QED) is 0.734. The minimum atomic E-state index is 0.263. The molecule has 2 rings (SSSR count). The average molecular weight is 179 g/mol. The van der Waals surface area contributed by atoms with Gasteiger partial charge >= 0.3 is 0 Å². The lowest BCUT2D eigenvalue weighted by molar-refractivity contribution is 0.406. The summed E-state index contributed by atoms with van der Waals surface area (Å²) in [5.74, 6) is 1.09. The third-order valence-electron chi connectivity index (χ3n) is 1.69. The summed E-state index contributed by atoms with van der Waals surface area (Å²) in [5.41, 5.74) is 6.45. The number of oxazole rings is 1. The normalized spacial score (nSPS) is 10.6. The predicted octanol–water partition coefficient (Wildman–Crippen LogP) is 0.690. The smallest absolute Gasteiger partial charge is 0.215 e. The van der Waals surface area contributed by atoms with E-state index in [0.717, 1.165) is 0 Å². The van der Waals surface area contributed by atoms with Crippen LogP contribution in [0.5, 0.6) is 5.75 Å². The largest absolute Gasteiger partial charge is 0.493 e. The Morgan fingerprint density at radius 2 is 2.46 bits per heavy atom. The number of rotatable bonds is 2. The number of hydrogen-bond donors (Lipinski definition) is 1. The highest BCUT2D eigenvalue weighted by Crippen LogP contribution is 2.23. The molecule has 13 heavy (non-hydrogen) atoms. The maximum absolute atomic E-state index is 5.38. The molecule has 2 heterocycles. The molecule has 2 N–H and O–H groups in total. The number of fused-ring (bicyclic) bond motifs is 1. The molecule has 0 bridgehead atoms. The van der Waals surface area contributed by atoms with Crippen LogP contribution >= 0.6 is 0 Å². The topological polar surface area (TPSA) is 74.2 Å². The summed E-state index contributed by atoms with van der Waals surface area (Å²) >= 11 is 0. The van der Waals surface area contributed by atoms with Crippen LogP contribution in [0.2, 0.25) is 0 Å². The molecule has 0 fully saturated rings. The molecule has 0 saturated carbocycles. The second-order valence-electron chi connectivity index (χ2n) is 2.48. The van der Waals surface area contributed by atoms with Gasteiger partial charge in [0, 0.05) is 12.3 Å². The number of nitrogens with zero attached hydrogens (tertiary/aromatic N) is 2. The van der Waals surface area contributed by atoms with E-state index in [0.29, 0.717) is 22.9 Å². The fourth-order valence-corrected chi connectivity index (χ4v) is 1.10. The monoisotopic (exact) mass is 179 g/mol. The van der Waals surface area contributed by atoms with E-state index in [1.807, 2.05) is 0 Å². The van der Waals surface area contributed by atoms with Gasteiger partial charge in [-0.1, -0.05) is 0 Å². The standard InChI is InChI=1S/C8H9N3O2/c1-12-5-2-3-10-8-7(5)13-6(4-9)11-8/h2-3H,4,9H2,1H3. The zero-order valence-electron chi connectivity index (χ0n) is 7.15. The highest BCUT2D eigenvalue weighted by molar-refractivity contribution is 5.75. The van der Waals surface area contributed by atoms with Crippen LogP contribution in [0.1, 0.15) is 5.89 Å². The van der Waals surface area contributed by atoms with Crippen LogP contribution in [0.4, 0.5) is 0 Å². The van der Waals surface area contributed by atoms with Crippen molar-refractivity contribution in [3.63, 3.8) is 0 Å². The van der Waals surface area contributed by atoms with Gasteiger partial charge in [0.25, 0.3) is 0 Å². The van der Waals surface area contributed by atoms with Gasteiger partial charge in [0.2, 0.25) is 17.1 Å². The molecule has 0 atom stereocenters. The maximum atomic E-state index is 5.38. The van der Waals surface area contributed by atoms with E-state index in [9.17, 15) is 0 Å². The molecular weight excluding hydrogens is 170 g/mol. The third-order valence-corrected chi connectivity index (χ3v) is 1.69. The molecule has 2 aromatic rings. The van der Waals surface area contributed by atoms with E-state index in [1.165, 1.54) is 0 Å². The van der Waals surface area contributed by atoms with Crippen molar-refractivity contribution in [2.45, 2.75) is 6.54 Å².